The zero-order valence-corrected chi connectivity index (χ0v) is 14.0. The van der Waals surface area contributed by atoms with Crippen LogP contribution in [0.25, 0.3) is 0 Å². The zero-order chi connectivity index (χ0) is 17.0. The third-order valence-electron chi connectivity index (χ3n) is 4.60. The molecule has 0 aliphatic carbocycles. The lowest BCUT2D eigenvalue weighted by atomic mass is 10.1. The van der Waals surface area contributed by atoms with E-state index in [-0.39, 0.29) is 11.8 Å². The van der Waals surface area contributed by atoms with E-state index in [1.54, 1.807) is 4.90 Å². The molecule has 0 bridgehead atoms. The summed E-state index contributed by atoms with van der Waals surface area (Å²) >= 11 is 0. The van der Waals surface area contributed by atoms with E-state index in [1.165, 1.54) is 0 Å². The van der Waals surface area contributed by atoms with Crippen LogP contribution in [-0.2, 0) is 25.6 Å². The van der Waals surface area contributed by atoms with Gasteiger partial charge >= 0.3 is 0 Å². The van der Waals surface area contributed by atoms with Crippen molar-refractivity contribution in [3.63, 3.8) is 0 Å². The molecule has 1 N–H and O–H groups in total. The lowest BCUT2D eigenvalue weighted by Gasteiger charge is -2.26. The largest absolute Gasteiger partial charge is 0.354 e. The van der Waals surface area contributed by atoms with Gasteiger partial charge in [-0.3, -0.25) is 9.59 Å². The summed E-state index contributed by atoms with van der Waals surface area (Å²) in [5.41, 5.74) is 1.03. The molecule has 0 radical (unpaired) electrons. The topological polar surface area (TPSA) is 67.9 Å². The van der Waals surface area contributed by atoms with E-state index in [1.807, 2.05) is 37.3 Å². The number of hydrogen-bond donors (Lipinski definition) is 1. The Morgan fingerprint density at radius 3 is 2.71 bits per heavy atom. The van der Waals surface area contributed by atoms with E-state index in [4.69, 9.17) is 9.47 Å². The standard InChI is InChI=1S/C18H24N2O4/c1-18(23-11-12-24-18)9-10-19-17(22)15-7-8-16(21)20(15)13-14-5-3-2-4-6-14/h2-6,15H,7-13H2,1H3,(H,19,22). The molecular weight excluding hydrogens is 308 g/mol. The number of ether oxygens (including phenoxy) is 2. The fourth-order valence-corrected chi connectivity index (χ4v) is 3.22. The molecule has 2 heterocycles. The molecule has 2 aliphatic heterocycles. The third-order valence-corrected chi connectivity index (χ3v) is 4.60. The van der Waals surface area contributed by atoms with E-state index < -0.39 is 11.8 Å². The maximum atomic E-state index is 12.5. The molecule has 6 nitrogen and oxygen atoms in total. The predicted molar refractivity (Wildman–Crippen MR) is 87.9 cm³/mol. The first kappa shape index (κ1) is 16.9. The van der Waals surface area contributed by atoms with Crippen LogP contribution in [0.4, 0.5) is 0 Å². The number of benzene rings is 1. The normalized spacial score (nSPS) is 22.8. The Hall–Kier alpha value is -1.92. The van der Waals surface area contributed by atoms with Crippen LogP contribution in [0.1, 0.15) is 31.7 Å². The fraction of sp³-hybridized carbons (Fsp3) is 0.556. The average Bonchev–Trinajstić information content (AvgIpc) is 3.16. The molecule has 2 aliphatic rings. The highest BCUT2D eigenvalue weighted by Gasteiger charge is 2.36. The second-order valence-electron chi connectivity index (χ2n) is 6.43. The van der Waals surface area contributed by atoms with Crippen LogP contribution < -0.4 is 5.32 Å². The molecular formula is C18H24N2O4. The van der Waals surface area contributed by atoms with Crippen LogP contribution in [0.3, 0.4) is 0 Å². The molecule has 0 spiro atoms. The Balaban J connectivity index is 1.53. The maximum absolute atomic E-state index is 12.5. The van der Waals surface area contributed by atoms with Crippen molar-refractivity contribution >= 4 is 11.8 Å². The number of rotatable bonds is 6. The highest BCUT2D eigenvalue weighted by molar-refractivity contribution is 5.90. The van der Waals surface area contributed by atoms with Crippen LogP contribution in [0.5, 0.6) is 0 Å². The molecule has 3 rings (SSSR count). The predicted octanol–water partition coefficient (Wildman–Crippen LogP) is 1.45. The monoisotopic (exact) mass is 332 g/mol. The molecule has 2 amide bonds. The van der Waals surface area contributed by atoms with Crippen molar-refractivity contribution in [2.75, 3.05) is 19.8 Å². The number of nitrogens with one attached hydrogen (secondary N) is 1. The van der Waals surface area contributed by atoms with Crippen LogP contribution in [-0.4, -0.2) is 48.3 Å². The second-order valence-corrected chi connectivity index (χ2v) is 6.43. The van der Waals surface area contributed by atoms with Gasteiger partial charge in [-0.15, -0.1) is 0 Å². The molecule has 1 aromatic rings. The number of amides is 2. The summed E-state index contributed by atoms with van der Waals surface area (Å²) in [6, 6.07) is 9.36. The smallest absolute Gasteiger partial charge is 0.242 e. The van der Waals surface area contributed by atoms with Crippen LogP contribution in [0.2, 0.25) is 0 Å². The average molecular weight is 332 g/mol. The fourth-order valence-electron chi connectivity index (χ4n) is 3.22. The number of likely N-dealkylation sites (tertiary alicyclic amines) is 1. The molecule has 24 heavy (non-hydrogen) atoms. The van der Waals surface area contributed by atoms with Gasteiger partial charge < -0.3 is 19.7 Å². The molecule has 2 fully saturated rings. The van der Waals surface area contributed by atoms with Gasteiger partial charge in [-0.25, -0.2) is 0 Å². The summed E-state index contributed by atoms with van der Waals surface area (Å²) in [7, 11) is 0. The van der Waals surface area contributed by atoms with Gasteiger partial charge in [0.15, 0.2) is 5.79 Å². The second kappa shape index (κ2) is 7.32. The molecule has 1 atom stereocenters. The first-order valence-electron chi connectivity index (χ1n) is 8.46. The molecule has 1 unspecified atom stereocenters. The Bertz CT molecular complexity index is 584. The van der Waals surface area contributed by atoms with E-state index in [0.717, 1.165) is 5.56 Å². The maximum Gasteiger partial charge on any atom is 0.242 e. The zero-order valence-electron chi connectivity index (χ0n) is 14.0. The van der Waals surface area contributed by atoms with Crippen molar-refractivity contribution in [2.24, 2.45) is 0 Å². The Labute approximate surface area is 142 Å². The van der Waals surface area contributed by atoms with Crippen LogP contribution in [0, 0.1) is 0 Å². The quantitative estimate of drug-likeness (QED) is 0.856. The van der Waals surface area contributed by atoms with Crippen LogP contribution >= 0.6 is 0 Å². The van der Waals surface area contributed by atoms with Gasteiger partial charge in [-0.05, 0) is 18.9 Å². The van der Waals surface area contributed by atoms with E-state index >= 15 is 0 Å². The van der Waals surface area contributed by atoms with E-state index in [9.17, 15) is 9.59 Å². The van der Waals surface area contributed by atoms with Crippen molar-refractivity contribution in [3.8, 4) is 0 Å². The summed E-state index contributed by atoms with van der Waals surface area (Å²) in [5.74, 6) is -0.672. The molecule has 2 saturated heterocycles. The lowest BCUT2D eigenvalue weighted by Crippen LogP contribution is -2.45. The number of nitrogens with zero attached hydrogens (tertiary/aromatic N) is 1. The third kappa shape index (κ3) is 3.94. The first-order valence-corrected chi connectivity index (χ1v) is 8.46. The molecule has 6 heteroatoms. The highest BCUT2D eigenvalue weighted by Crippen LogP contribution is 2.23. The Morgan fingerprint density at radius 2 is 2.00 bits per heavy atom. The van der Waals surface area contributed by atoms with Crippen molar-refractivity contribution in [2.45, 2.75) is 44.6 Å². The van der Waals surface area contributed by atoms with Gasteiger partial charge in [-0.1, -0.05) is 30.3 Å². The van der Waals surface area contributed by atoms with Gasteiger partial charge in [0.25, 0.3) is 0 Å². The van der Waals surface area contributed by atoms with E-state index in [2.05, 4.69) is 5.32 Å². The van der Waals surface area contributed by atoms with Crippen LogP contribution in [0.15, 0.2) is 30.3 Å². The Morgan fingerprint density at radius 1 is 1.29 bits per heavy atom. The number of carbonyl (C=O) groups is 2. The van der Waals surface area contributed by atoms with Gasteiger partial charge in [-0.2, -0.15) is 0 Å². The number of carbonyl (C=O) groups excluding carboxylic acids is 2. The SMILES string of the molecule is CC1(CCNC(=O)C2CCC(=O)N2Cc2ccccc2)OCCO1. The summed E-state index contributed by atoms with van der Waals surface area (Å²) in [6.07, 6.45) is 1.59. The first-order chi connectivity index (χ1) is 11.6. The minimum atomic E-state index is -0.609. The summed E-state index contributed by atoms with van der Waals surface area (Å²) in [4.78, 5) is 26.3. The molecule has 130 valence electrons. The minimum absolute atomic E-state index is 0.0356. The number of hydrogen-bond acceptors (Lipinski definition) is 4. The Kier molecular flexibility index (Phi) is 5.16. The molecule has 1 aromatic carbocycles. The summed E-state index contributed by atoms with van der Waals surface area (Å²) in [5, 5.41) is 2.92. The van der Waals surface area contributed by atoms with E-state index in [0.29, 0.717) is 45.6 Å². The minimum Gasteiger partial charge on any atom is -0.354 e. The van der Waals surface area contributed by atoms with Crippen molar-refractivity contribution < 1.29 is 19.1 Å². The van der Waals surface area contributed by atoms with Gasteiger partial charge in [0, 0.05) is 25.9 Å². The van der Waals surface area contributed by atoms with Gasteiger partial charge in [0.05, 0.1) is 13.2 Å². The summed E-state index contributed by atoms with van der Waals surface area (Å²) in [6.45, 7) is 4.01. The molecule has 0 saturated carbocycles. The molecule has 0 aromatic heterocycles. The van der Waals surface area contributed by atoms with Gasteiger partial charge in [0.1, 0.15) is 6.04 Å². The highest BCUT2D eigenvalue weighted by atomic mass is 16.7. The van der Waals surface area contributed by atoms with Crippen molar-refractivity contribution in [1.29, 1.82) is 0 Å². The summed E-state index contributed by atoms with van der Waals surface area (Å²) < 4.78 is 11.1. The van der Waals surface area contributed by atoms with Crippen molar-refractivity contribution in [1.82, 2.24) is 10.2 Å². The van der Waals surface area contributed by atoms with Crippen molar-refractivity contribution in [3.05, 3.63) is 35.9 Å². The lowest BCUT2D eigenvalue weighted by molar-refractivity contribution is -0.147. The van der Waals surface area contributed by atoms with Gasteiger partial charge in [0.2, 0.25) is 11.8 Å².